The minimum atomic E-state index is -0.667. The van der Waals surface area contributed by atoms with Crippen molar-refractivity contribution in [1.82, 2.24) is 19.9 Å². The Hall–Kier alpha value is -10.2. The van der Waals surface area contributed by atoms with Gasteiger partial charge in [0.1, 0.15) is 46.0 Å². The summed E-state index contributed by atoms with van der Waals surface area (Å²) in [5.74, 6) is -0.638. The van der Waals surface area contributed by atoms with Gasteiger partial charge >= 0.3 is 23.9 Å². The van der Waals surface area contributed by atoms with Gasteiger partial charge in [-0.25, -0.2) is 9.97 Å². The van der Waals surface area contributed by atoms with Gasteiger partial charge in [-0.3, -0.25) is 19.2 Å². The summed E-state index contributed by atoms with van der Waals surface area (Å²) in [6.07, 6.45) is 2.03. The van der Waals surface area contributed by atoms with Crippen LogP contribution < -0.4 is 37.9 Å². The zero-order valence-corrected chi connectivity index (χ0v) is 59.0. The molecule has 0 saturated carbocycles. The molecule has 9 heterocycles. The largest absolute Gasteiger partial charge is 0.496 e. The van der Waals surface area contributed by atoms with Gasteiger partial charge in [0.15, 0.2) is 0 Å². The van der Waals surface area contributed by atoms with Crippen LogP contribution in [0.2, 0.25) is 0 Å². The summed E-state index contributed by atoms with van der Waals surface area (Å²) in [4.78, 5) is 77.3. The Morgan fingerprint density at radius 2 is 0.570 bits per heavy atom. The van der Waals surface area contributed by atoms with Crippen molar-refractivity contribution in [3.8, 4) is 46.0 Å². The molecule has 1 aliphatic carbocycles. The maximum atomic E-state index is 14.8. The number of fused-ring (bicyclic) bond motifs is 20. The number of ether oxygens (including phenoxy) is 12. The molecule has 2 N–H and O–H groups in total. The third-order valence-electron chi connectivity index (χ3n) is 21.1. The smallest absolute Gasteiger partial charge is 0.306 e. The molecule has 7 aromatic rings. The van der Waals surface area contributed by atoms with Crippen LogP contribution in [0.25, 0.3) is 44.4 Å². The van der Waals surface area contributed by atoms with E-state index in [2.05, 4.69) is 40.3 Å². The number of H-pyrrole nitrogens is 2. The van der Waals surface area contributed by atoms with Crippen LogP contribution in [0.3, 0.4) is 0 Å². The first kappa shape index (κ1) is 68.3. The number of allylic oxidation sites excluding steroid dienone is 4. The normalized spacial score (nSPS) is 19.1. The number of esters is 4. The van der Waals surface area contributed by atoms with Gasteiger partial charge in [-0.2, -0.15) is 0 Å². The second kappa shape index (κ2) is 28.9. The van der Waals surface area contributed by atoms with Crippen molar-refractivity contribution in [1.29, 1.82) is 0 Å². The summed E-state index contributed by atoms with van der Waals surface area (Å²) >= 11 is 0. The molecule has 20 heteroatoms. The van der Waals surface area contributed by atoms with E-state index in [1.165, 1.54) is 0 Å². The number of hydrogen-bond acceptors (Lipinski definition) is 18. The molecule has 522 valence electrons. The average Bonchev–Trinajstić information content (AvgIpc) is 1.08. The summed E-state index contributed by atoms with van der Waals surface area (Å²) in [6.45, 7) is 7.89. The highest BCUT2D eigenvalue weighted by atomic mass is 16.5. The van der Waals surface area contributed by atoms with Gasteiger partial charge in [-0.05, 0) is 172 Å². The highest BCUT2D eigenvalue weighted by Gasteiger charge is 2.37. The van der Waals surface area contributed by atoms with Crippen LogP contribution in [0, 0.1) is 13.8 Å². The Balaban J connectivity index is 1.18. The molecule has 0 saturated heterocycles. The fraction of sp³-hybridized carbons (Fsp3) is 0.400. The van der Waals surface area contributed by atoms with Gasteiger partial charge in [-0.1, -0.05) is 0 Å². The highest BCUT2D eigenvalue weighted by molar-refractivity contribution is 5.97. The van der Waals surface area contributed by atoms with Crippen molar-refractivity contribution >= 4 is 68.2 Å². The van der Waals surface area contributed by atoms with Crippen LogP contribution in [-0.2, 0) is 51.0 Å². The predicted molar refractivity (Wildman–Crippen MR) is 378 cm³/mol. The number of hydrogen-bond donors (Lipinski definition) is 2. The Labute approximate surface area is 581 Å². The number of nitrogens with zero attached hydrogens (tertiary/aromatic N) is 2. The van der Waals surface area contributed by atoms with E-state index in [4.69, 9.17) is 66.8 Å². The third kappa shape index (κ3) is 13.0. The number of carbonyl (C=O) groups is 4. The van der Waals surface area contributed by atoms with Crippen LogP contribution in [0.5, 0.6) is 46.0 Å². The lowest BCUT2D eigenvalue weighted by atomic mass is 9.77. The number of carbonyl (C=O) groups excluding carboxylic acids is 4. The second-order valence-electron chi connectivity index (χ2n) is 26.3. The topological polar surface area (TPSA) is 236 Å². The minimum Gasteiger partial charge on any atom is -0.496 e. The molecule has 7 aliphatic rings. The first-order chi connectivity index (χ1) is 48.5. The molecule has 0 spiro atoms. The predicted octanol–water partition coefficient (Wildman–Crippen LogP) is 14.6. The van der Waals surface area contributed by atoms with Gasteiger partial charge in [0, 0.05) is 140 Å². The first-order valence-corrected chi connectivity index (χ1v) is 34.3. The quantitative estimate of drug-likeness (QED) is 0.106. The molecule has 3 aromatic heterocycles. The van der Waals surface area contributed by atoms with Crippen molar-refractivity contribution in [3.05, 3.63) is 162 Å². The number of benzene rings is 4. The average molecular weight is 1360 g/mol. The first-order valence-electron chi connectivity index (χ1n) is 34.3. The summed E-state index contributed by atoms with van der Waals surface area (Å²) in [7, 11) is 12.8. The highest BCUT2D eigenvalue weighted by Crippen LogP contribution is 2.53. The summed E-state index contributed by atoms with van der Waals surface area (Å²) in [5, 5.41) is 0. The van der Waals surface area contributed by atoms with Gasteiger partial charge in [-0.15, -0.1) is 0 Å². The fourth-order valence-corrected chi connectivity index (χ4v) is 15.7. The van der Waals surface area contributed by atoms with Crippen molar-refractivity contribution in [2.45, 2.75) is 128 Å². The van der Waals surface area contributed by atoms with E-state index in [1.807, 2.05) is 70.2 Å². The van der Waals surface area contributed by atoms with Crippen molar-refractivity contribution in [2.24, 2.45) is 0 Å². The van der Waals surface area contributed by atoms with Crippen LogP contribution in [-0.4, -0.2) is 127 Å². The van der Waals surface area contributed by atoms with Crippen LogP contribution in [0.1, 0.15) is 191 Å². The van der Waals surface area contributed by atoms with Crippen LogP contribution in [0.15, 0.2) is 72.8 Å². The number of methoxy groups -OCH3 is 8. The molecule has 0 radical (unpaired) electrons. The molecule has 4 atom stereocenters. The maximum Gasteiger partial charge on any atom is 0.306 e. The molecule has 20 nitrogen and oxygen atoms in total. The van der Waals surface area contributed by atoms with Gasteiger partial charge in [0.05, 0.1) is 106 Å². The lowest BCUT2D eigenvalue weighted by molar-refractivity contribution is -0.144. The molecule has 100 heavy (non-hydrogen) atoms. The van der Waals surface area contributed by atoms with E-state index in [0.717, 1.165) is 66.6 Å². The summed E-state index contributed by atoms with van der Waals surface area (Å²) in [5.41, 5.74) is 17.9. The summed E-state index contributed by atoms with van der Waals surface area (Å²) < 4.78 is 77.3. The van der Waals surface area contributed by atoms with E-state index < -0.39 is 47.5 Å². The number of nitrogens with one attached hydrogen (secondary N) is 2. The Morgan fingerprint density at radius 3 is 0.880 bits per heavy atom. The monoisotopic (exact) mass is 1360 g/mol. The number of aromatic amines is 2. The van der Waals surface area contributed by atoms with Crippen molar-refractivity contribution in [3.63, 3.8) is 0 Å². The van der Waals surface area contributed by atoms with E-state index in [-0.39, 0.29) is 90.6 Å². The lowest BCUT2D eigenvalue weighted by Gasteiger charge is -2.31. The number of aromatic nitrogens is 4. The Morgan fingerprint density at radius 1 is 0.310 bits per heavy atom. The number of aryl methyl sites for hydroxylation is 4. The van der Waals surface area contributed by atoms with Crippen LogP contribution >= 0.6 is 0 Å². The fourth-order valence-electron chi connectivity index (χ4n) is 15.7. The van der Waals surface area contributed by atoms with Gasteiger partial charge in [0.2, 0.25) is 0 Å². The van der Waals surface area contributed by atoms with Gasteiger partial charge < -0.3 is 66.8 Å². The van der Waals surface area contributed by atoms with Crippen molar-refractivity contribution < 1.29 is 76.0 Å². The Kier molecular flexibility index (Phi) is 19.7. The van der Waals surface area contributed by atoms with E-state index in [1.54, 1.807) is 56.9 Å². The molecule has 4 aromatic carbocycles. The minimum absolute atomic E-state index is 0.00717. The van der Waals surface area contributed by atoms with E-state index in [0.29, 0.717) is 126 Å². The Bertz CT molecular complexity index is 4690. The van der Waals surface area contributed by atoms with E-state index >= 15 is 0 Å². The molecule has 0 fully saturated rings. The molecule has 0 amide bonds. The zero-order chi connectivity index (χ0) is 70.2. The molecular formula is C80H86N4O16. The number of rotatable bonds is 8. The SMILES string of the molecule is COc1cc(OC)c2cc1C1CCOC(=O)CCC3=C(C)c4cc5[nH]c6cc7[nH]c8cc9nc(cc3n4)C(C)=C9CCC(=O)OCCC2c2cc(c(OC)cc2OC)C(CCOC(=O)CCc7c8C)c2cc(c(OC)cc2OC)C(CCOC(=O)CCc5c6C)c2cc1c(OC)cc2OC. The molecule has 24 bridgehead atoms. The molecular weight excluding hydrogens is 1270 g/mol. The van der Waals surface area contributed by atoms with Crippen molar-refractivity contribution in [2.75, 3.05) is 83.3 Å². The second-order valence-corrected chi connectivity index (χ2v) is 26.3. The van der Waals surface area contributed by atoms with Crippen LogP contribution in [0.4, 0.5) is 0 Å². The molecule has 6 aliphatic heterocycles. The standard InChI is InChI=1S/C80H86N4O16/c1-41-45-13-17-77(85)97-25-21-49-53-29-58(74(94-10)37-69(53)89-5)50-22-26-98-78(86)18-14-46-42(2)63-35-68-48-16-20-80(88)100-28-24-52(60-31-55(50)71(91-7)39-76(60)96-12)56-32-59(75(95-11)40-72(56)92-8)51(54-30-57(49)73(93-9)38-70(54)90-6)23-27-99-79(87)19-15-47-43(3)62(83-67(47)36-64(84-68)44(48)4)34-65(45)81-61(41)33-66(46)82-63/h29-40,49-52,81-82H,13-28H2,1-12H3. The van der Waals surface area contributed by atoms with Gasteiger partial charge in [0.25, 0.3) is 0 Å². The third-order valence-corrected chi connectivity index (χ3v) is 21.1. The van der Waals surface area contributed by atoms with E-state index in [9.17, 15) is 19.2 Å². The molecule has 4 unspecified atom stereocenters. The lowest BCUT2D eigenvalue weighted by Crippen LogP contribution is -2.18. The summed E-state index contributed by atoms with van der Waals surface area (Å²) in [6, 6.07) is 23.7. The zero-order valence-electron chi connectivity index (χ0n) is 59.0. The molecule has 14 rings (SSSR count). The maximum absolute atomic E-state index is 14.8.